The average Bonchev–Trinajstić information content (AvgIpc) is 2.51. The maximum Gasteiger partial charge on any atom is 0.573 e. The molecule has 11 heteroatoms. The molecule has 0 radical (unpaired) electrons. The number of halogens is 4. The van der Waals surface area contributed by atoms with Crippen LogP contribution in [0.3, 0.4) is 0 Å². The van der Waals surface area contributed by atoms with E-state index >= 15 is 0 Å². The van der Waals surface area contributed by atoms with Gasteiger partial charge < -0.3 is 20.1 Å². The normalized spacial score (nSPS) is 14.7. The summed E-state index contributed by atoms with van der Waals surface area (Å²) in [6.07, 6.45) is -4.86. The molecule has 1 aliphatic rings. The van der Waals surface area contributed by atoms with E-state index in [9.17, 15) is 22.4 Å². The number of ether oxygens (including phenoxy) is 1. The number of aromatic nitrogens is 2. The molecule has 1 aromatic carbocycles. The van der Waals surface area contributed by atoms with Crippen molar-refractivity contribution >= 4 is 11.9 Å². The molecule has 0 unspecified atom stereocenters. The molecule has 2 aromatic rings. The van der Waals surface area contributed by atoms with E-state index in [1.54, 1.807) is 4.90 Å². The van der Waals surface area contributed by atoms with Gasteiger partial charge in [-0.25, -0.2) is 19.2 Å². The summed E-state index contributed by atoms with van der Waals surface area (Å²) in [5.41, 5.74) is 0.559. The predicted octanol–water partition coefficient (Wildman–Crippen LogP) is 2.64. The molecule has 26 heavy (non-hydrogen) atoms. The van der Waals surface area contributed by atoms with Gasteiger partial charge in [-0.1, -0.05) is 0 Å². The Balaban J connectivity index is 1.74. The van der Waals surface area contributed by atoms with Crippen molar-refractivity contribution in [2.45, 2.75) is 12.4 Å². The maximum atomic E-state index is 13.8. The molecule has 1 aromatic heterocycles. The fourth-order valence-electron chi connectivity index (χ4n) is 2.48. The van der Waals surface area contributed by atoms with Crippen molar-refractivity contribution in [1.29, 1.82) is 0 Å². The van der Waals surface area contributed by atoms with Gasteiger partial charge in [0.05, 0.1) is 11.7 Å². The van der Waals surface area contributed by atoms with E-state index in [1.807, 2.05) is 0 Å². The van der Waals surface area contributed by atoms with Crippen molar-refractivity contribution in [2.24, 2.45) is 0 Å². The summed E-state index contributed by atoms with van der Waals surface area (Å²) < 4.78 is 54.0. The summed E-state index contributed by atoms with van der Waals surface area (Å²) in [5, 5.41) is 11.0. The van der Waals surface area contributed by atoms with Gasteiger partial charge in [0, 0.05) is 24.7 Å². The van der Waals surface area contributed by atoms with E-state index in [2.05, 4.69) is 20.0 Å². The van der Waals surface area contributed by atoms with Crippen molar-refractivity contribution in [1.82, 2.24) is 15.3 Å². The summed E-state index contributed by atoms with van der Waals surface area (Å²) in [6.45, 7) is 0.824. The largest absolute Gasteiger partial charge is 0.573 e. The Kier molecular flexibility index (Phi) is 4.53. The van der Waals surface area contributed by atoms with Gasteiger partial charge in [0.15, 0.2) is 11.6 Å². The predicted molar refractivity (Wildman–Crippen MR) is 81.3 cm³/mol. The summed E-state index contributed by atoms with van der Waals surface area (Å²) in [6, 6.07) is 4.33. The van der Waals surface area contributed by atoms with Crippen molar-refractivity contribution < 1.29 is 32.2 Å². The highest BCUT2D eigenvalue weighted by molar-refractivity contribution is 5.67. The molecule has 138 valence electrons. The first kappa shape index (κ1) is 17.7. The van der Waals surface area contributed by atoms with Crippen LogP contribution in [-0.2, 0) is 0 Å². The number of nitrogens with one attached hydrogen (secondary N) is 1. The molecule has 0 aliphatic carbocycles. The van der Waals surface area contributed by atoms with Crippen LogP contribution in [-0.4, -0.2) is 46.7 Å². The number of nitrogens with zero attached hydrogens (tertiary/aromatic N) is 3. The number of hydrogen-bond donors (Lipinski definition) is 2. The lowest BCUT2D eigenvalue weighted by atomic mass is 10.1. The van der Waals surface area contributed by atoms with Gasteiger partial charge in [-0.15, -0.1) is 13.2 Å². The zero-order valence-corrected chi connectivity index (χ0v) is 13.0. The Morgan fingerprint density at radius 3 is 2.62 bits per heavy atom. The third-order valence-corrected chi connectivity index (χ3v) is 3.64. The highest BCUT2D eigenvalue weighted by Gasteiger charge is 2.32. The van der Waals surface area contributed by atoms with Gasteiger partial charge in [-0.3, -0.25) is 0 Å². The number of carbonyl (C=O) groups is 1. The van der Waals surface area contributed by atoms with Gasteiger partial charge in [-0.2, -0.15) is 0 Å². The zero-order valence-electron chi connectivity index (χ0n) is 13.0. The Bertz CT molecular complexity index is 825. The van der Waals surface area contributed by atoms with Gasteiger partial charge >= 0.3 is 12.5 Å². The fraction of sp³-hybridized carbons (Fsp3) is 0.267. The number of anilines is 1. The molecule has 1 amide bonds. The van der Waals surface area contributed by atoms with Crippen LogP contribution in [0, 0.1) is 5.82 Å². The van der Waals surface area contributed by atoms with Gasteiger partial charge in [0.2, 0.25) is 0 Å². The first-order valence-corrected chi connectivity index (χ1v) is 7.33. The SMILES string of the molecule is O=C(O)NC1CN(c2cc(-c3ccc(OC(F)(F)F)c(F)c3)ncn2)C1. The lowest BCUT2D eigenvalue weighted by molar-refractivity contribution is -0.275. The van der Waals surface area contributed by atoms with Gasteiger partial charge in [0.1, 0.15) is 12.1 Å². The van der Waals surface area contributed by atoms with Crippen LogP contribution in [0.15, 0.2) is 30.6 Å². The number of alkyl halides is 3. The van der Waals surface area contributed by atoms with Crippen LogP contribution in [0.5, 0.6) is 5.75 Å². The molecule has 0 saturated carbocycles. The summed E-state index contributed by atoms with van der Waals surface area (Å²) in [7, 11) is 0. The molecule has 2 N–H and O–H groups in total. The summed E-state index contributed by atoms with van der Waals surface area (Å²) >= 11 is 0. The van der Waals surface area contributed by atoms with Crippen molar-refractivity contribution in [2.75, 3.05) is 18.0 Å². The molecule has 1 aliphatic heterocycles. The lowest BCUT2D eigenvalue weighted by Crippen LogP contribution is -2.59. The number of rotatable bonds is 4. The standard InChI is InChI=1S/C15H12F4N4O3/c16-10-3-8(1-2-12(10)26-15(17,18)19)11-4-13(21-7-20-11)23-5-9(6-23)22-14(24)25/h1-4,7,9,22H,5-6H2,(H,24,25). The number of hydrogen-bond acceptors (Lipinski definition) is 5. The molecule has 0 spiro atoms. The van der Waals surface area contributed by atoms with E-state index in [1.165, 1.54) is 18.5 Å². The Labute approximate surface area is 144 Å². The smallest absolute Gasteiger partial charge is 0.465 e. The monoisotopic (exact) mass is 372 g/mol. The lowest BCUT2D eigenvalue weighted by Gasteiger charge is -2.39. The number of carboxylic acid groups (broad SMARTS) is 1. The second-order valence-electron chi connectivity index (χ2n) is 5.51. The van der Waals surface area contributed by atoms with E-state index < -0.39 is 24.0 Å². The molecule has 3 rings (SSSR count). The fourth-order valence-corrected chi connectivity index (χ4v) is 2.48. The summed E-state index contributed by atoms with van der Waals surface area (Å²) in [5.74, 6) is -1.61. The van der Waals surface area contributed by atoms with E-state index in [-0.39, 0.29) is 11.6 Å². The minimum atomic E-state index is -4.98. The molecule has 0 atom stereocenters. The molecule has 2 heterocycles. The van der Waals surface area contributed by atoms with Crippen LogP contribution in [0.25, 0.3) is 11.3 Å². The Morgan fingerprint density at radius 1 is 1.27 bits per heavy atom. The highest BCUT2D eigenvalue weighted by atomic mass is 19.4. The van der Waals surface area contributed by atoms with Crippen LogP contribution in [0.1, 0.15) is 0 Å². The topological polar surface area (TPSA) is 87.6 Å². The quantitative estimate of drug-likeness (QED) is 0.803. The van der Waals surface area contributed by atoms with Crippen LogP contribution in [0.4, 0.5) is 28.2 Å². The molecular formula is C15H12F4N4O3. The highest BCUT2D eigenvalue weighted by Crippen LogP contribution is 2.30. The molecule has 1 fully saturated rings. The van der Waals surface area contributed by atoms with E-state index in [4.69, 9.17) is 5.11 Å². The maximum absolute atomic E-state index is 13.8. The van der Waals surface area contributed by atoms with E-state index in [0.29, 0.717) is 24.6 Å². The first-order valence-electron chi connectivity index (χ1n) is 7.33. The third-order valence-electron chi connectivity index (χ3n) is 3.64. The second-order valence-corrected chi connectivity index (χ2v) is 5.51. The first-order chi connectivity index (χ1) is 12.2. The van der Waals surface area contributed by atoms with Crippen LogP contribution >= 0.6 is 0 Å². The number of amides is 1. The van der Waals surface area contributed by atoms with Crippen molar-refractivity contribution in [3.05, 3.63) is 36.4 Å². The van der Waals surface area contributed by atoms with Crippen LogP contribution < -0.4 is 15.0 Å². The molecular weight excluding hydrogens is 360 g/mol. The van der Waals surface area contributed by atoms with Crippen LogP contribution in [0.2, 0.25) is 0 Å². The minimum absolute atomic E-state index is 0.220. The molecule has 0 bridgehead atoms. The van der Waals surface area contributed by atoms with Crippen molar-refractivity contribution in [3.8, 4) is 17.0 Å². The minimum Gasteiger partial charge on any atom is -0.465 e. The van der Waals surface area contributed by atoms with Gasteiger partial charge in [0.25, 0.3) is 0 Å². The number of benzene rings is 1. The van der Waals surface area contributed by atoms with E-state index in [0.717, 1.165) is 12.1 Å². The Hall–Kier alpha value is -3.11. The zero-order chi connectivity index (χ0) is 18.9. The van der Waals surface area contributed by atoms with Crippen molar-refractivity contribution in [3.63, 3.8) is 0 Å². The average molecular weight is 372 g/mol. The summed E-state index contributed by atoms with van der Waals surface area (Å²) in [4.78, 5) is 20.4. The van der Waals surface area contributed by atoms with Gasteiger partial charge in [-0.05, 0) is 18.2 Å². The molecule has 7 nitrogen and oxygen atoms in total. The Morgan fingerprint density at radius 2 is 2.00 bits per heavy atom. The second kappa shape index (κ2) is 6.65. The molecule has 1 saturated heterocycles. The third kappa shape index (κ3) is 4.10.